The monoisotopic (exact) mass is 404 g/mol. The molecule has 0 saturated carbocycles. The number of benzene rings is 2. The van der Waals surface area contributed by atoms with Gasteiger partial charge in [0.25, 0.3) is 0 Å². The average Bonchev–Trinajstić information content (AvgIpc) is 2.96. The summed E-state index contributed by atoms with van der Waals surface area (Å²) < 4.78 is 44.2. The van der Waals surface area contributed by atoms with Gasteiger partial charge in [0.05, 0.1) is 17.0 Å². The second-order valence-electron chi connectivity index (χ2n) is 6.71. The van der Waals surface area contributed by atoms with Gasteiger partial charge in [-0.3, -0.25) is 4.99 Å². The highest BCUT2D eigenvalue weighted by Crippen LogP contribution is 2.42. The number of aliphatic imine (C=N–C) groups is 1. The fourth-order valence-electron chi connectivity index (χ4n) is 3.47. The van der Waals surface area contributed by atoms with Gasteiger partial charge in [-0.25, -0.2) is 0 Å². The van der Waals surface area contributed by atoms with E-state index in [1.807, 2.05) is 36.4 Å². The third-order valence-electron chi connectivity index (χ3n) is 4.75. The second-order valence-corrected chi connectivity index (χ2v) is 7.14. The Balaban J connectivity index is 1.91. The minimum Gasteiger partial charge on any atom is -0.358 e. The molecule has 144 valence electrons. The van der Waals surface area contributed by atoms with E-state index in [0.717, 1.165) is 22.3 Å². The van der Waals surface area contributed by atoms with Crippen LogP contribution in [-0.2, 0) is 0 Å². The van der Waals surface area contributed by atoms with Gasteiger partial charge in [-0.2, -0.15) is 13.2 Å². The van der Waals surface area contributed by atoms with Crippen LogP contribution in [0.25, 0.3) is 11.1 Å². The average molecular weight is 405 g/mol. The van der Waals surface area contributed by atoms with Crippen LogP contribution in [0.1, 0.15) is 41.5 Å². The van der Waals surface area contributed by atoms with Crippen molar-refractivity contribution in [1.82, 2.24) is 5.16 Å². The number of nitrogens with zero attached hydrogens (tertiary/aromatic N) is 2. The van der Waals surface area contributed by atoms with Crippen LogP contribution >= 0.6 is 11.6 Å². The summed E-state index contributed by atoms with van der Waals surface area (Å²) in [4.78, 5) is 4.71. The fourth-order valence-corrected chi connectivity index (χ4v) is 3.59. The Bertz CT molecular complexity index is 1040. The first-order chi connectivity index (χ1) is 13.3. The number of hydrogen-bond donors (Lipinski definition) is 0. The molecule has 2 heterocycles. The summed E-state index contributed by atoms with van der Waals surface area (Å²) >= 11 is 6.00. The Morgan fingerprint density at radius 1 is 1.04 bits per heavy atom. The van der Waals surface area contributed by atoms with Crippen molar-refractivity contribution in [3.63, 3.8) is 0 Å². The van der Waals surface area contributed by atoms with E-state index < -0.39 is 18.6 Å². The molecule has 4 rings (SSSR count). The number of aromatic nitrogens is 1. The fraction of sp³-hybridized carbons (Fsp3) is 0.238. The van der Waals surface area contributed by atoms with Crippen molar-refractivity contribution in [2.75, 3.05) is 0 Å². The van der Waals surface area contributed by atoms with Gasteiger partial charge in [-0.15, -0.1) is 0 Å². The van der Waals surface area contributed by atoms with E-state index in [0.29, 0.717) is 22.2 Å². The van der Waals surface area contributed by atoms with E-state index in [1.165, 1.54) is 0 Å². The molecule has 0 fully saturated rings. The summed E-state index contributed by atoms with van der Waals surface area (Å²) in [5.41, 5.74) is 4.42. The van der Waals surface area contributed by atoms with E-state index in [2.05, 4.69) is 5.16 Å². The third kappa shape index (κ3) is 3.56. The molecular formula is C21H16ClF3N2O. The molecule has 28 heavy (non-hydrogen) atoms. The topological polar surface area (TPSA) is 38.4 Å². The van der Waals surface area contributed by atoms with Crippen molar-refractivity contribution in [2.24, 2.45) is 4.99 Å². The molecule has 1 aromatic heterocycles. The number of fused-ring (bicyclic) bond motifs is 3. The number of hydrogen-bond acceptors (Lipinski definition) is 3. The molecule has 3 nitrogen and oxygen atoms in total. The Kier molecular flexibility index (Phi) is 4.75. The molecule has 3 aromatic rings. The summed E-state index contributed by atoms with van der Waals surface area (Å²) in [6, 6.07) is 13.9. The molecule has 2 aromatic carbocycles. The summed E-state index contributed by atoms with van der Waals surface area (Å²) in [6.07, 6.45) is -5.44. The molecule has 0 amide bonds. The van der Waals surface area contributed by atoms with E-state index in [1.54, 1.807) is 19.1 Å². The van der Waals surface area contributed by atoms with Crippen molar-refractivity contribution >= 4 is 17.3 Å². The molecule has 1 unspecified atom stereocenters. The van der Waals surface area contributed by atoms with Gasteiger partial charge in [0.1, 0.15) is 6.04 Å². The van der Waals surface area contributed by atoms with E-state index in [9.17, 15) is 13.2 Å². The van der Waals surface area contributed by atoms with Gasteiger partial charge in [0.2, 0.25) is 0 Å². The van der Waals surface area contributed by atoms with Crippen LogP contribution in [0, 0.1) is 6.92 Å². The summed E-state index contributed by atoms with van der Waals surface area (Å²) in [5.74, 6) is 0.373. The first-order valence-corrected chi connectivity index (χ1v) is 9.18. The van der Waals surface area contributed by atoms with Crippen LogP contribution in [0.5, 0.6) is 0 Å². The molecule has 7 heteroatoms. The van der Waals surface area contributed by atoms with Crippen molar-refractivity contribution in [2.45, 2.75) is 32.0 Å². The zero-order chi connectivity index (χ0) is 19.9. The first kappa shape index (κ1) is 18.7. The number of rotatable bonds is 3. The molecule has 0 N–H and O–H groups in total. The van der Waals surface area contributed by atoms with Crippen LogP contribution < -0.4 is 0 Å². The van der Waals surface area contributed by atoms with Crippen molar-refractivity contribution in [3.05, 3.63) is 76.1 Å². The van der Waals surface area contributed by atoms with Crippen LogP contribution in [0.15, 0.2) is 58.0 Å². The maximum absolute atomic E-state index is 12.9. The summed E-state index contributed by atoms with van der Waals surface area (Å²) in [6.45, 7) is 1.78. The zero-order valence-electron chi connectivity index (χ0n) is 14.9. The lowest BCUT2D eigenvalue weighted by atomic mass is 9.93. The Morgan fingerprint density at radius 3 is 2.39 bits per heavy atom. The van der Waals surface area contributed by atoms with Crippen molar-refractivity contribution in [3.8, 4) is 11.1 Å². The Labute approximate surface area is 164 Å². The third-order valence-corrected chi connectivity index (χ3v) is 5.00. The predicted octanol–water partition coefficient (Wildman–Crippen LogP) is 6.54. The van der Waals surface area contributed by atoms with E-state index in [4.69, 9.17) is 21.1 Å². The van der Waals surface area contributed by atoms with E-state index >= 15 is 0 Å². The molecule has 0 bridgehead atoms. The van der Waals surface area contributed by atoms with E-state index in [-0.39, 0.29) is 6.42 Å². The highest BCUT2D eigenvalue weighted by Gasteiger charge is 2.34. The lowest BCUT2D eigenvalue weighted by Crippen LogP contribution is -2.11. The lowest BCUT2D eigenvalue weighted by Gasteiger charge is -2.13. The Hall–Kier alpha value is -2.60. The Morgan fingerprint density at radius 2 is 1.71 bits per heavy atom. The van der Waals surface area contributed by atoms with Crippen molar-refractivity contribution < 1.29 is 17.7 Å². The summed E-state index contributed by atoms with van der Waals surface area (Å²) in [5, 5.41) is 4.58. The van der Waals surface area contributed by atoms with Gasteiger partial charge in [-0.05, 0) is 31.0 Å². The smallest absolute Gasteiger partial charge is 0.358 e. The highest BCUT2D eigenvalue weighted by atomic mass is 35.5. The normalized spacial score (nSPS) is 16.2. The minimum atomic E-state index is -4.27. The molecule has 0 aliphatic carbocycles. The molecule has 0 radical (unpaired) electrons. The van der Waals surface area contributed by atoms with Gasteiger partial charge in [0.15, 0.2) is 5.76 Å². The van der Waals surface area contributed by atoms with Gasteiger partial charge >= 0.3 is 6.18 Å². The lowest BCUT2D eigenvalue weighted by molar-refractivity contribution is -0.136. The van der Waals surface area contributed by atoms with Gasteiger partial charge in [-0.1, -0.05) is 53.2 Å². The molecule has 1 aliphatic heterocycles. The molecule has 1 atom stereocenters. The van der Waals surface area contributed by atoms with Gasteiger partial charge in [0, 0.05) is 22.6 Å². The molecule has 0 saturated heterocycles. The SMILES string of the molecule is Cc1noc2c1-c1ccccc1C(c1ccc(Cl)cc1)=NC2CCC(F)(F)F. The van der Waals surface area contributed by atoms with Crippen LogP contribution in [0.3, 0.4) is 0 Å². The quantitative estimate of drug-likeness (QED) is 0.497. The van der Waals surface area contributed by atoms with Crippen molar-refractivity contribution in [1.29, 1.82) is 0 Å². The molecular weight excluding hydrogens is 389 g/mol. The molecule has 1 aliphatic rings. The number of alkyl halides is 3. The van der Waals surface area contributed by atoms with Crippen LogP contribution in [-0.4, -0.2) is 17.0 Å². The zero-order valence-corrected chi connectivity index (χ0v) is 15.7. The maximum atomic E-state index is 12.9. The summed E-state index contributed by atoms with van der Waals surface area (Å²) in [7, 11) is 0. The van der Waals surface area contributed by atoms with Gasteiger partial charge < -0.3 is 4.52 Å². The largest absolute Gasteiger partial charge is 0.389 e. The standard InChI is InChI=1S/C21H16ClF3N2O/c1-12-18-15-4-2-3-5-16(15)19(13-6-8-14(22)9-7-13)26-17(20(18)28-27-12)10-11-21(23,24)25/h2-9,17H,10-11H2,1H3. The minimum absolute atomic E-state index is 0.212. The first-order valence-electron chi connectivity index (χ1n) is 8.80. The van der Waals surface area contributed by atoms with Crippen LogP contribution in [0.4, 0.5) is 13.2 Å². The number of aryl methyl sites for hydroxylation is 1. The second kappa shape index (κ2) is 7.09. The van der Waals surface area contributed by atoms with Crippen LogP contribution in [0.2, 0.25) is 5.02 Å². The maximum Gasteiger partial charge on any atom is 0.389 e. The highest BCUT2D eigenvalue weighted by molar-refractivity contribution is 6.30. The predicted molar refractivity (Wildman–Crippen MR) is 102 cm³/mol. The number of halogens is 4. The molecule has 0 spiro atoms.